The monoisotopic (exact) mass is 243 g/mol. The van der Waals surface area contributed by atoms with Crippen LogP contribution in [-0.4, -0.2) is 23.1 Å². The Morgan fingerprint density at radius 3 is 2.83 bits per heavy atom. The summed E-state index contributed by atoms with van der Waals surface area (Å²) in [6, 6.07) is 9.40. The molecular weight excluding hydrogens is 230 g/mol. The molecule has 0 aliphatic rings. The van der Waals surface area contributed by atoms with Crippen LogP contribution in [0.25, 0.3) is 11.1 Å². The van der Waals surface area contributed by atoms with Crippen molar-refractivity contribution in [1.29, 1.82) is 0 Å². The van der Waals surface area contributed by atoms with Gasteiger partial charge in [-0.2, -0.15) is 0 Å². The fourth-order valence-electron chi connectivity index (χ4n) is 1.60. The van der Waals surface area contributed by atoms with E-state index < -0.39 is 0 Å². The SMILES string of the molecule is COc1cccc(-c2cncc(/C(N)=N\O)c2)c1. The number of hydrogen-bond acceptors (Lipinski definition) is 4. The molecule has 2 rings (SSSR count). The van der Waals surface area contributed by atoms with E-state index >= 15 is 0 Å². The zero-order valence-electron chi connectivity index (χ0n) is 9.87. The van der Waals surface area contributed by atoms with Crippen molar-refractivity contribution in [3.63, 3.8) is 0 Å². The molecule has 2 aromatic rings. The van der Waals surface area contributed by atoms with Crippen LogP contribution in [0.3, 0.4) is 0 Å². The van der Waals surface area contributed by atoms with Crippen LogP contribution in [0, 0.1) is 0 Å². The van der Waals surface area contributed by atoms with E-state index in [-0.39, 0.29) is 5.84 Å². The lowest BCUT2D eigenvalue weighted by molar-refractivity contribution is 0.318. The molecule has 0 saturated carbocycles. The van der Waals surface area contributed by atoms with Crippen molar-refractivity contribution >= 4 is 5.84 Å². The van der Waals surface area contributed by atoms with Crippen molar-refractivity contribution < 1.29 is 9.94 Å². The number of amidine groups is 1. The molecule has 0 fully saturated rings. The molecule has 0 spiro atoms. The summed E-state index contributed by atoms with van der Waals surface area (Å²) in [6.07, 6.45) is 3.25. The van der Waals surface area contributed by atoms with Gasteiger partial charge in [-0.1, -0.05) is 17.3 Å². The van der Waals surface area contributed by atoms with Gasteiger partial charge in [-0.15, -0.1) is 0 Å². The smallest absolute Gasteiger partial charge is 0.171 e. The molecule has 92 valence electrons. The van der Waals surface area contributed by atoms with E-state index in [9.17, 15) is 0 Å². The van der Waals surface area contributed by atoms with Crippen LogP contribution in [0.1, 0.15) is 5.56 Å². The molecule has 0 radical (unpaired) electrons. The second-order valence-corrected chi connectivity index (χ2v) is 3.68. The number of oxime groups is 1. The van der Waals surface area contributed by atoms with Gasteiger partial charge in [0.25, 0.3) is 0 Å². The van der Waals surface area contributed by atoms with E-state index in [0.29, 0.717) is 5.56 Å². The van der Waals surface area contributed by atoms with Crippen molar-refractivity contribution in [3.8, 4) is 16.9 Å². The number of aromatic nitrogens is 1. The van der Waals surface area contributed by atoms with E-state index in [1.54, 1.807) is 25.6 Å². The number of nitrogens with two attached hydrogens (primary N) is 1. The highest BCUT2D eigenvalue weighted by Gasteiger charge is 2.04. The van der Waals surface area contributed by atoms with Gasteiger partial charge in [-0.3, -0.25) is 4.98 Å². The van der Waals surface area contributed by atoms with Crippen LogP contribution in [0.4, 0.5) is 0 Å². The average molecular weight is 243 g/mol. The van der Waals surface area contributed by atoms with Gasteiger partial charge in [0, 0.05) is 23.5 Å². The summed E-state index contributed by atoms with van der Waals surface area (Å²) in [5, 5.41) is 11.6. The molecule has 1 heterocycles. The van der Waals surface area contributed by atoms with Crippen molar-refractivity contribution in [2.45, 2.75) is 0 Å². The third-order valence-corrected chi connectivity index (χ3v) is 2.54. The average Bonchev–Trinajstić information content (AvgIpc) is 2.46. The van der Waals surface area contributed by atoms with E-state index in [2.05, 4.69) is 10.1 Å². The molecule has 0 aliphatic heterocycles. The highest BCUT2D eigenvalue weighted by atomic mass is 16.5. The second kappa shape index (κ2) is 5.18. The standard InChI is InChI=1S/C13H13N3O2/c1-18-12-4-2-3-9(6-12)10-5-11(8-15-7-10)13(14)16-17/h2-8,17H,1H3,(H2,14,16). The van der Waals surface area contributed by atoms with Gasteiger partial charge in [-0.25, -0.2) is 0 Å². The van der Waals surface area contributed by atoms with Crippen molar-refractivity contribution in [2.75, 3.05) is 7.11 Å². The van der Waals surface area contributed by atoms with Gasteiger partial charge in [0.2, 0.25) is 0 Å². The largest absolute Gasteiger partial charge is 0.497 e. The Morgan fingerprint density at radius 1 is 1.28 bits per heavy atom. The quantitative estimate of drug-likeness (QED) is 0.373. The number of rotatable bonds is 3. The maximum atomic E-state index is 8.65. The Morgan fingerprint density at radius 2 is 2.11 bits per heavy atom. The normalized spacial score (nSPS) is 11.3. The lowest BCUT2D eigenvalue weighted by Gasteiger charge is -2.06. The van der Waals surface area contributed by atoms with Gasteiger partial charge in [0.05, 0.1) is 7.11 Å². The Kier molecular flexibility index (Phi) is 3.43. The van der Waals surface area contributed by atoms with Gasteiger partial charge < -0.3 is 15.7 Å². The maximum Gasteiger partial charge on any atom is 0.171 e. The van der Waals surface area contributed by atoms with Crippen LogP contribution < -0.4 is 10.5 Å². The van der Waals surface area contributed by atoms with Crippen LogP contribution in [0.5, 0.6) is 5.75 Å². The van der Waals surface area contributed by atoms with E-state index in [4.69, 9.17) is 15.7 Å². The predicted octanol–water partition coefficient (Wildman–Crippen LogP) is 1.85. The number of benzene rings is 1. The van der Waals surface area contributed by atoms with Crippen LogP contribution in [0.2, 0.25) is 0 Å². The third-order valence-electron chi connectivity index (χ3n) is 2.54. The Labute approximate surface area is 105 Å². The van der Waals surface area contributed by atoms with E-state index in [1.165, 1.54) is 0 Å². The van der Waals surface area contributed by atoms with Crippen molar-refractivity contribution in [3.05, 3.63) is 48.3 Å². The molecule has 0 atom stereocenters. The molecule has 0 unspecified atom stereocenters. The van der Waals surface area contributed by atoms with Crippen LogP contribution >= 0.6 is 0 Å². The van der Waals surface area contributed by atoms with Crippen molar-refractivity contribution in [2.24, 2.45) is 10.9 Å². The summed E-state index contributed by atoms with van der Waals surface area (Å²) in [5.41, 5.74) is 7.93. The first-order valence-electron chi connectivity index (χ1n) is 5.32. The molecule has 18 heavy (non-hydrogen) atoms. The first-order chi connectivity index (χ1) is 8.74. The number of hydrogen-bond donors (Lipinski definition) is 2. The molecule has 5 nitrogen and oxygen atoms in total. The minimum absolute atomic E-state index is 0.0345. The van der Waals surface area contributed by atoms with Gasteiger partial charge in [-0.05, 0) is 23.8 Å². The molecule has 0 amide bonds. The Bertz CT molecular complexity index is 582. The molecule has 1 aromatic carbocycles. The Hall–Kier alpha value is -2.56. The predicted molar refractivity (Wildman–Crippen MR) is 68.7 cm³/mol. The maximum absolute atomic E-state index is 8.65. The zero-order valence-corrected chi connectivity index (χ0v) is 9.87. The van der Waals surface area contributed by atoms with E-state index in [0.717, 1.165) is 16.9 Å². The fraction of sp³-hybridized carbons (Fsp3) is 0.0769. The molecule has 1 aromatic heterocycles. The first kappa shape index (κ1) is 11.9. The summed E-state index contributed by atoms with van der Waals surface area (Å²) in [4.78, 5) is 4.07. The minimum Gasteiger partial charge on any atom is -0.497 e. The number of ether oxygens (including phenoxy) is 1. The summed E-state index contributed by atoms with van der Waals surface area (Å²) < 4.78 is 5.17. The lowest BCUT2D eigenvalue weighted by Crippen LogP contribution is -2.13. The number of nitrogens with zero attached hydrogens (tertiary/aromatic N) is 2. The molecule has 0 aliphatic carbocycles. The third kappa shape index (κ3) is 2.40. The van der Waals surface area contributed by atoms with Gasteiger partial charge >= 0.3 is 0 Å². The topological polar surface area (TPSA) is 80.7 Å². The highest BCUT2D eigenvalue weighted by molar-refractivity contribution is 5.97. The number of methoxy groups -OCH3 is 1. The summed E-state index contributed by atoms with van der Waals surface area (Å²) in [5.74, 6) is 0.800. The summed E-state index contributed by atoms with van der Waals surface area (Å²) in [7, 11) is 1.62. The Balaban J connectivity index is 2.44. The first-order valence-corrected chi connectivity index (χ1v) is 5.32. The number of pyridine rings is 1. The van der Waals surface area contributed by atoms with E-state index in [1.807, 2.05) is 24.3 Å². The summed E-state index contributed by atoms with van der Waals surface area (Å²) >= 11 is 0. The second-order valence-electron chi connectivity index (χ2n) is 3.68. The zero-order chi connectivity index (χ0) is 13.0. The van der Waals surface area contributed by atoms with Gasteiger partial charge in [0.1, 0.15) is 5.75 Å². The van der Waals surface area contributed by atoms with Crippen molar-refractivity contribution in [1.82, 2.24) is 4.98 Å². The molecule has 5 heteroatoms. The lowest BCUT2D eigenvalue weighted by atomic mass is 10.1. The highest BCUT2D eigenvalue weighted by Crippen LogP contribution is 2.23. The van der Waals surface area contributed by atoms with Crippen LogP contribution in [0.15, 0.2) is 47.9 Å². The molecular formula is C13H13N3O2. The fourth-order valence-corrected chi connectivity index (χ4v) is 1.60. The molecule has 0 bridgehead atoms. The molecule has 0 saturated heterocycles. The minimum atomic E-state index is 0.0345. The molecule has 3 N–H and O–H groups in total. The summed E-state index contributed by atoms with van der Waals surface area (Å²) in [6.45, 7) is 0. The van der Waals surface area contributed by atoms with Crippen LogP contribution in [-0.2, 0) is 0 Å². The van der Waals surface area contributed by atoms with Gasteiger partial charge in [0.15, 0.2) is 5.84 Å².